The zero-order chi connectivity index (χ0) is 25.2. The van der Waals surface area contributed by atoms with Crippen LogP contribution in [0.4, 0.5) is 5.13 Å². The Labute approximate surface area is 211 Å². The van der Waals surface area contributed by atoms with Gasteiger partial charge in [-0.15, -0.1) is 0 Å². The summed E-state index contributed by atoms with van der Waals surface area (Å²) in [5.74, 6) is 0.0805. The molecule has 5 rings (SSSR count). The van der Waals surface area contributed by atoms with Gasteiger partial charge in [0.2, 0.25) is 0 Å². The Bertz CT molecular complexity index is 1500. The number of methoxy groups -OCH3 is 1. The number of hydrogen-bond donors (Lipinski definition) is 1. The zero-order valence-electron chi connectivity index (χ0n) is 19.5. The molecule has 1 aliphatic rings. The summed E-state index contributed by atoms with van der Waals surface area (Å²) in [5.41, 5.74) is 4.07. The van der Waals surface area contributed by atoms with E-state index in [-0.39, 0.29) is 11.8 Å². The van der Waals surface area contributed by atoms with Crippen molar-refractivity contribution >= 4 is 28.3 Å². The molecule has 4 aromatic rings. The summed E-state index contributed by atoms with van der Waals surface area (Å²) in [5, 5.41) is 12.7. The van der Waals surface area contributed by atoms with E-state index in [0.29, 0.717) is 51.8 Å². The van der Waals surface area contributed by atoms with Crippen LogP contribution in [0, 0.1) is 18.3 Å². The summed E-state index contributed by atoms with van der Waals surface area (Å²) in [4.78, 5) is 41.5. The van der Waals surface area contributed by atoms with Gasteiger partial charge in [0.1, 0.15) is 5.75 Å². The summed E-state index contributed by atoms with van der Waals surface area (Å²) in [6.45, 7) is 2.63. The number of carbonyl (C=O) groups excluding carboxylic acids is 2. The molecule has 2 amide bonds. The summed E-state index contributed by atoms with van der Waals surface area (Å²) >= 11 is 1.34. The summed E-state index contributed by atoms with van der Waals surface area (Å²) in [6, 6.07) is 12.3. The van der Waals surface area contributed by atoms with Crippen LogP contribution >= 0.6 is 11.3 Å². The van der Waals surface area contributed by atoms with Crippen LogP contribution in [-0.2, 0) is 13.1 Å². The number of aromatic nitrogens is 3. The first-order chi connectivity index (χ1) is 17.5. The van der Waals surface area contributed by atoms with Crippen molar-refractivity contribution in [3.05, 3.63) is 87.9 Å². The molecule has 3 aromatic heterocycles. The standard InChI is InChI=1S/C26H20N6O3S/c1-15-9-18(19-10-16(11-27)3-4-22(19)35-2)20(12-29-15)24(33)31-26-30-21-13-32(14-23(21)36-26)25(34)17-5-7-28-8-6-17/h3-10,12H,13-14H2,1-2H3,(H,30,31,33). The van der Waals surface area contributed by atoms with Crippen molar-refractivity contribution in [2.24, 2.45) is 0 Å². The molecule has 0 fully saturated rings. The summed E-state index contributed by atoms with van der Waals surface area (Å²) in [6.07, 6.45) is 4.69. The van der Waals surface area contributed by atoms with Crippen molar-refractivity contribution in [2.75, 3.05) is 12.4 Å². The van der Waals surface area contributed by atoms with Gasteiger partial charge in [-0.3, -0.25) is 24.9 Å². The minimum absolute atomic E-state index is 0.0860. The summed E-state index contributed by atoms with van der Waals surface area (Å²) in [7, 11) is 1.54. The van der Waals surface area contributed by atoms with Gasteiger partial charge in [0, 0.05) is 41.0 Å². The van der Waals surface area contributed by atoms with Crippen LogP contribution < -0.4 is 10.1 Å². The minimum atomic E-state index is -0.376. The smallest absolute Gasteiger partial charge is 0.259 e. The maximum absolute atomic E-state index is 13.3. The Morgan fingerprint density at radius 1 is 1.14 bits per heavy atom. The number of thiazole rings is 1. The quantitative estimate of drug-likeness (QED) is 0.440. The Morgan fingerprint density at radius 3 is 2.67 bits per heavy atom. The molecule has 1 N–H and O–H groups in total. The third-order valence-corrected chi connectivity index (χ3v) is 6.79. The lowest BCUT2D eigenvalue weighted by molar-refractivity contribution is 0.0750. The van der Waals surface area contributed by atoms with Gasteiger partial charge in [-0.05, 0) is 43.3 Å². The minimum Gasteiger partial charge on any atom is -0.496 e. The first-order valence-corrected chi connectivity index (χ1v) is 11.8. The van der Waals surface area contributed by atoms with Crippen molar-refractivity contribution in [3.8, 4) is 22.9 Å². The fourth-order valence-corrected chi connectivity index (χ4v) is 5.01. The second-order valence-electron chi connectivity index (χ2n) is 8.14. The number of aryl methyl sites for hydroxylation is 1. The van der Waals surface area contributed by atoms with Crippen LogP contribution in [0.3, 0.4) is 0 Å². The molecule has 0 radical (unpaired) electrons. The van der Waals surface area contributed by atoms with E-state index in [2.05, 4.69) is 26.3 Å². The van der Waals surface area contributed by atoms with Gasteiger partial charge in [0.25, 0.3) is 11.8 Å². The van der Waals surface area contributed by atoms with E-state index in [1.54, 1.807) is 60.8 Å². The predicted molar refractivity (Wildman–Crippen MR) is 134 cm³/mol. The molecule has 1 aliphatic heterocycles. The number of anilines is 1. The van der Waals surface area contributed by atoms with Crippen molar-refractivity contribution in [2.45, 2.75) is 20.0 Å². The monoisotopic (exact) mass is 496 g/mol. The molecule has 1 aromatic carbocycles. The van der Waals surface area contributed by atoms with Crippen LogP contribution in [0.5, 0.6) is 5.75 Å². The Morgan fingerprint density at radius 2 is 1.94 bits per heavy atom. The molecule has 178 valence electrons. The van der Waals surface area contributed by atoms with E-state index in [1.807, 2.05) is 6.92 Å². The predicted octanol–water partition coefficient (Wildman–Crippen LogP) is 4.20. The zero-order valence-corrected chi connectivity index (χ0v) is 20.3. The third kappa shape index (κ3) is 4.39. The Kier molecular flexibility index (Phi) is 6.14. The maximum Gasteiger partial charge on any atom is 0.259 e. The molecule has 0 atom stereocenters. The molecule has 0 saturated heterocycles. The summed E-state index contributed by atoms with van der Waals surface area (Å²) < 4.78 is 5.49. The second-order valence-corrected chi connectivity index (χ2v) is 9.22. The topological polar surface area (TPSA) is 121 Å². The number of fused-ring (bicyclic) bond motifs is 1. The van der Waals surface area contributed by atoms with Gasteiger partial charge in [-0.2, -0.15) is 5.26 Å². The molecular weight excluding hydrogens is 476 g/mol. The van der Waals surface area contributed by atoms with E-state index in [9.17, 15) is 14.9 Å². The molecule has 0 saturated carbocycles. The largest absolute Gasteiger partial charge is 0.496 e. The molecule has 0 bridgehead atoms. The molecule has 0 aliphatic carbocycles. The number of carbonyl (C=O) groups is 2. The average Bonchev–Trinajstić information content (AvgIpc) is 3.47. The van der Waals surface area contributed by atoms with Gasteiger partial charge in [-0.1, -0.05) is 11.3 Å². The van der Waals surface area contributed by atoms with Gasteiger partial charge in [0.15, 0.2) is 5.13 Å². The van der Waals surface area contributed by atoms with Crippen LogP contribution in [0.2, 0.25) is 0 Å². The normalized spacial score (nSPS) is 12.1. The Balaban J connectivity index is 1.38. The van der Waals surface area contributed by atoms with Crippen LogP contribution in [0.25, 0.3) is 11.1 Å². The number of ether oxygens (including phenoxy) is 1. The highest BCUT2D eigenvalue weighted by Crippen LogP contribution is 2.35. The van der Waals surface area contributed by atoms with Crippen LogP contribution in [0.1, 0.15) is 42.5 Å². The fourth-order valence-electron chi connectivity index (χ4n) is 4.03. The average molecular weight is 497 g/mol. The highest BCUT2D eigenvalue weighted by molar-refractivity contribution is 7.16. The number of pyridine rings is 2. The molecule has 10 heteroatoms. The van der Waals surface area contributed by atoms with Gasteiger partial charge >= 0.3 is 0 Å². The third-order valence-electron chi connectivity index (χ3n) is 5.79. The molecule has 36 heavy (non-hydrogen) atoms. The van der Waals surface area contributed by atoms with Crippen molar-refractivity contribution in [1.29, 1.82) is 5.26 Å². The van der Waals surface area contributed by atoms with Crippen molar-refractivity contribution in [3.63, 3.8) is 0 Å². The second kappa shape index (κ2) is 9.56. The van der Waals surface area contributed by atoms with Crippen LogP contribution in [-0.4, -0.2) is 38.8 Å². The lowest BCUT2D eigenvalue weighted by atomic mass is 9.97. The highest BCUT2D eigenvalue weighted by Gasteiger charge is 2.28. The van der Waals surface area contributed by atoms with E-state index in [1.165, 1.54) is 17.5 Å². The highest BCUT2D eigenvalue weighted by atomic mass is 32.1. The van der Waals surface area contributed by atoms with E-state index < -0.39 is 0 Å². The number of hydrogen-bond acceptors (Lipinski definition) is 8. The van der Waals surface area contributed by atoms with Crippen LogP contribution in [0.15, 0.2) is 55.0 Å². The molecule has 0 unspecified atom stereocenters. The van der Waals surface area contributed by atoms with Gasteiger partial charge < -0.3 is 9.64 Å². The molecule has 0 spiro atoms. The van der Waals surface area contributed by atoms with E-state index in [0.717, 1.165) is 16.3 Å². The lowest BCUT2D eigenvalue weighted by Gasteiger charge is -2.15. The number of benzene rings is 1. The van der Waals surface area contributed by atoms with E-state index in [4.69, 9.17) is 4.74 Å². The number of nitriles is 1. The van der Waals surface area contributed by atoms with Crippen molar-refractivity contribution < 1.29 is 14.3 Å². The van der Waals surface area contributed by atoms with E-state index >= 15 is 0 Å². The Hall–Kier alpha value is -4.62. The molecular formula is C26H20N6O3S. The SMILES string of the molecule is COc1ccc(C#N)cc1-c1cc(C)ncc1C(=O)Nc1nc2c(s1)CN(C(=O)c1ccncc1)C2. The first kappa shape index (κ1) is 23.1. The number of amides is 2. The fraction of sp³-hybridized carbons (Fsp3) is 0.154. The molecule has 9 nitrogen and oxygen atoms in total. The van der Waals surface area contributed by atoms with Gasteiger partial charge in [-0.25, -0.2) is 4.98 Å². The maximum atomic E-state index is 13.3. The number of rotatable bonds is 5. The van der Waals surface area contributed by atoms with Crippen molar-refractivity contribution in [1.82, 2.24) is 19.9 Å². The first-order valence-electron chi connectivity index (χ1n) is 11.0. The van der Waals surface area contributed by atoms with Gasteiger partial charge in [0.05, 0.1) is 48.0 Å². The number of nitrogens with one attached hydrogen (secondary N) is 1. The lowest BCUT2D eigenvalue weighted by Crippen LogP contribution is -2.25. The molecule has 4 heterocycles. The number of nitrogens with zero attached hydrogens (tertiary/aromatic N) is 5.